The van der Waals surface area contributed by atoms with E-state index < -0.39 is 23.9 Å². The average Bonchev–Trinajstić information content (AvgIpc) is 2.88. The van der Waals surface area contributed by atoms with E-state index in [1.165, 1.54) is 29.0 Å². The van der Waals surface area contributed by atoms with Crippen molar-refractivity contribution in [3.63, 3.8) is 0 Å². The number of amides is 3. The number of hydrogen-bond acceptors (Lipinski definition) is 3. The average molecular weight is 323 g/mol. The number of urea groups is 1. The molecule has 1 saturated heterocycles. The van der Waals surface area contributed by atoms with E-state index >= 15 is 0 Å². The molecular weight excluding hydrogens is 305 g/mol. The predicted molar refractivity (Wildman–Crippen MR) is 80.6 cm³/mol. The molecule has 8 heteroatoms. The highest BCUT2D eigenvalue weighted by molar-refractivity contribution is 6.01. The second-order valence-corrected chi connectivity index (χ2v) is 5.23. The number of para-hydroxylation sites is 1. The number of benzene rings is 1. The summed E-state index contributed by atoms with van der Waals surface area (Å²) in [6.07, 6.45) is 0.190. The first-order valence-electron chi connectivity index (χ1n) is 7.20. The molecule has 0 bridgehead atoms. The van der Waals surface area contributed by atoms with E-state index in [1.807, 2.05) is 0 Å². The van der Waals surface area contributed by atoms with Gasteiger partial charge in [-0.3, -0.25) is 9.59 Å². The third-order valence-corrected chi connectivity index (χ3v) is 3.72. The van der Waals surface area contributed by atoms with Gasteiger partial charge in [0.25, 0.3) is 0 Å². The Morgan fingerprint density at radius 1 is 1.43 bits per heavy atom. The zero-order chi connectivity index (χ0) is 17.0. The number of anilines is 1. The van der Waals surface area contributed by atoms with Crippen LogP contribution in [0.15, 0.2) is 24.3 Å². The number of nitrogens with one attached hydrogen (secondary N) is 1. The molecule has 0 radical (unpaired) electrons. The summed E-state index contributed by atoms with van der Waals surface area (Å²) in [4.78, 5) is 37.4. The summed E-state index contributed by atoms with van der Waals surface area (Å²) in [6.45, 7) is 0.299. The quantitative estimate of drug-likeness (QED) is 0.847. The van der Waals surface area contributed by atoms with Gasteiger partial charge in [-0.2, -0.15) is 0 Å². The van der Waals surface area contributed by atoms with Gasteiger partial charge in [0.1, 0.15) is 11.9 Å². The summed E-state index contributed by atoms with van der Waals surface area (Å²) >= 11 is 0. The molecule has 0 spiro atoms. The zero-order valence-corrected chi connectivity index (χ0v) is 12.7. The molecule has 23 heavy (non-hydrogen) atoms. The lowest BCUT2D eigenvalue weighted by Crippen LogP contribution is -2.47. The number of hydrogen-bond donors (Lipinski definition) is 2. The molecule has 1 aromatic carbocycles. The monoisotopic (exact) mass is 323 g/mol. The predicted octanol–water partition coefficient (Wildman–Crippen LogP) is 1.05. The van der Waals surface area contributed by atoms with Crippen molar-refractivity contribution in [2.24, 2.45) is 0 Å². The highest BCUT2D eigenvalue weighted by Crippen LogP contribution is 2.26. The van der Waals surface area contributed by atoms with Gasteiger partial charge in [0.2, 0.25) is 5.91 Å². The summed E-state index contributed by atoms with van der Waals surface area (Å²) in [5, 5.41) is 11.0. The SMILES string of the molecule is CN(C(=O)NCCC(=O)O)C1CCN(c2ccccc2F)C1=O. The number of aliphatic carboxylic acids is 1. The summed E-state index contributed by atoms with van der Waals surface area (Å²) in [6, 6.07) is 4.75. The topological polar surface area (TPSA) is 89.9 Å². The van der Waals surface area contributed by atoms with Crippen LogP contribution in [0.4, 0.5) is 14.9 Å². The Bertz CT molecular complexity index is 622. The normalized spacial score (nSPS) is 17.2. The van der Waals surface area contributed by atoms with Crippen molar-refractivity contribution >= 4 is 23.6 Å². The molecule has 0 saturated carbocycles. The van der Waals surface area contributed by atoms with Crippen LogP contribution in [0.5, 0.6) is 0 Å². The van der Waals surface area contributed by atoms with Crippen LogP contribution in [0.3, 0.4) is 0 Å². The fourth-order valence-electron chi connectivity index (χ4n) is 2.48. The lowest BCUT2D eigenvalue weighted by molar-refractivity contribution is -0.136. The van der Waals surface area contributed by atoms with Gasteiger partial charge in [-0.05, 0) is 18.6 Å². The van der Waals surface area contributed by atoms with E-state index in [4.69, 9.17) is 5.11 Å². The van der Waals surface area contributed by atoms with Gasteiger partial charge < -0.3 is 20.2 Å². The van der Waals surface area contributed by atoms with Crippen molar-refractivity contribution in [3.8, 4) is 0 Å². The van der Waals surface area contributed by atoms with Gasteiger partial charge in [-0.1, -0.05) is 12.1 Å². The molecule has 1 atom stereocenters. The van der Waals surface area contributed by atoms with Gasteiger partial charge >= 0.3 is 12.0 Å². The molecule has 0 aliphatic carbocycles. The Morgan fingerprint density at radius 2 is 2.13 bits per heavy atom. The standard InChI is InChI=1S/C15H18FN3O4/c1-18(15(23)17-8-6-13(20)21)12-7-9-19(14(12)22)11-5-3-2-4-10(11)16/h2-5,12H,6-9H2,1H3,(H,17,23)(H,20,21). The van der Waals surface area contributed by atoms with Crippen LogP contribution in [-0.2, 0) is 9.59 Å². The number of halogens is 1. The Kier molecular flexibility index (Phi) is 5.15. The summed E-state index contributed by atoms with van der Waals surface area (Å²) < 4.78 is 13.8. The van der Waals surface area contributed by atoms with E-state index in [2.05, 4.69) is 5.32 Å². The lowest BCUT2D eigenvalue weighted by atomic mass is 10.2. The third kappa shape index (κ3) is 3.77. The van der Waals surface area contributed by atoms with E-state index in [1.54, 1.807) is 12.1 Å². The molecule has 1 aromatic rings. The number of nitrogens with zero attached hydrogens (tertiary/aromatic N) is 2. The first-order valence-corrected chi connectivity index (χ1v) is 7.20. The maximum atomic E-state index is 13.8. The molecule has 2 N–H and O–H groups in total. The van der Waals surface area contributed by atoms with Crippen molar-refractivity contribution in [1.82, 2.24) is 10.2 Å². The van der Waals surface area contributed by atoms with Crippen LogP contribution in [0, 0.1) is 5.82 Å². The molecule has 7 nitrogen and oxygen atoms in total. The first kappa shape index (κ1) is 16.7. The zero-order valence-electron chi connectivity index (χ0n) is 12.7. The number of carbonyl (C=O) groups excluding carboxylic acids is 2. The van der Waals surface area contributed by atoms with Gasteiger partial charge in [-0.25, -0.2) is 9.18 Å². The maximum Gasteiger partial charge on any atom is 0.317 e. The van der Waals surface area contributed by atoms with E-state index in [9.17, 15) is 18.8 Å². The van der Waals surface area contributed by atoms with Crippen LogP contribution in [0.2, 0.25) is 0 Å². The summed E-state index contributed by atoms with van der Waals surface area (Å²) in [5.41, 5.74) is 0.194. The second-order valence-electron chi connectivity index (χ2n) is 5.23. The molecular formula is C15H18FN3O4. The molecule has 0 aromatic heterocycles. The van der Waals surface area contributed by atoms with Crippen LogP contribution in [0.1, 0.15) is 12.8 Å². The molecule has 1 heterocycles. The highest BCUT2D eigenvalue weighted by Gasteiger charge is 2.37. The summed E-state index contributed by atoms with van der Waals surface area (Å²) in [7, 11) is 1.46. The Labute approximate surface area is 132 Å². The van der Waals surface area contributed by atoms with E-state index in [-0.39, 0.29) is 24.6 Å². The molecule has 124 valence electrons. The molecule has 1 aliphatic rings. The molecule has 1 unspecified atom stereocenters. The van der Waals surface area contributed by atoms with Crippen molar-refractivity contribution in [2.75, 3.05) is 25.0 Å². The third-order valence-electron chi connectivity index (χ3n) is 3.72. The summed E-state index contributed by atoms with van der Waals surface area (Å²) in [5.74, 6) is -1.86. The number of likely N-dealkylation sites (N-methyl/N-ethyl adjacent to an activating group) is 1. The van der Waals surface area contributed by atoms with Crippen molar-refractivity contribution in [1.29, 1.82) is 0 Å². The number of carboxylic acids is 1. The number of carbonyl (C=O) groups is 3. The second kappa shape index (κ2) is 7.08. The fraction of sp³-hybridized carbons (Fsp3) is 0.400. The van der Waals surface area contributed by atoms with Crippen LogP contribution >= 0.6 is 0 Å². The fourth-order valence-corrected chi connectivity index (χ4v) is 2.48. The Balaban J connectivity index is 1.99. The van der Waals surface area contributed by atoms with Crippen LogP contribution < -0.4 is 10.2 Å². The minimum atomic E-state index is -1.02. The van der Waals surface area contributed by atoms with Gasteiger partial charge in [0.15, 0.2) is 0 Å². The van der Waals surface area contributed by atoms with Crippen molar-refractivity contribution in [2.45, 2.75) is 18.9 Å². The lowest BCUT2D eigenvalue weighted by Gasteiger charge is -2.24. The van der Waals surface area contributed by atoms with E-state index in [0.717, 1.165) is 0 Å². The maximum absolute atomic E-state index is 13.8. The van der Waals surface area contributed by atoms with E-state index in [0.29, 0.717) is 13.0 Å². The largest absolute Gasteiger partial charge is 0.481 e. The van der Waals surface area contributed by atoms with Crippen LogP contribution in [-0.4, -0.2) is 54.1 Å². The minimum absolute atomic E-state index is 0.0174. The van der Waals surface area contributed by atoms with Crippen molar-refractivity contribution in [3.05, 3.63) is 30.1 Å². The highest BCUT2D eigenvalue weighted by atomic mass is 19.1. The smallest absolute Gasteiger partial charge is 0.317 e. The van der Waals surface area contributed by atoms with Gasteiger partial charge in [-0.15, -0.1) is 0 Å². The first-order chi connectivity index (χ1) is 10.9. The van der Waals surface area contributed by atoms with Gasteiger partial charge in [0, 0.05) is 20.1 Å². The van der Waals surface area contributed by atoms with Crippen molar-refractivity contribution < 1.29 is 23.9 Å². The molecule has 3 amide bonds. The Morgan fingerprint density at radius 3 is 2.78 bits per heavy atom. The molecule has 2 rings (SSSR count). The minimum Gasteiger partial charge on any atom is -0.481 e. The number of rotatable bonds is 5. The van der Waals surface area contributed by atoms with Crippen LogP contribution in [0.25, 0.3) is 0 Å². The molecule has 1 fully saturated rings. The number of carboxylic acid groups (broad SMARTS) is 1. The van der Waals surface area contributed by atoms with Gasteiger partial charge in [0.05, 0.1) is 12.1 Å². The molecule has 1 aliphatic heterocycles. The Hall–Kier alpha value is -2.64.